The molecule has 1 amide bonds. The van der Waals surface area contributed by atoms with Crippen LogP contribution in [0, 0.1) is 5.82 Å². The van der Waals surface area contributed by atoms with Crippen LogP contribution in [-0.2, 0) is 16.0 Å². The Morgan fingerprint density at radius 1 is 1.05 bits per heavy atom. The summed E-state index contributed by atoms with van der Waals surface area (Å²) in [5.74, 6) is -1.39. The Balaban J connectivity index is 1.49. The summed E-state index contributed by atoms with van der Waals surface area (Å²) in [5.41, 5.74) is 2.00. The van der Waals surface area contributed by atoms with Crippen molar-refractivity contribution in [2.45, 2.75) is 6.54 Å². The van der Waals surface area contributed by atoms with Crippen LogP contribution in [0.25, 0.3) is 11.1 Å². The lowest BCUT2D eigenvalue weighted by Crippen LogP contribution is -2.38. The molecule has 40 heavy (non-hydrogen) atoms. The standard InChI is InChI=1S/C27H24BCl2FN2O7/c1-38-27(35)19-11-22(31)18(12-23(19)32-5-7-39-8-6-32)17-4-2-3-15-13-33(14-40-25(15)17)26(34)24-20(29)9-16(28(36)37)10-21(24)30/h2-4,9-12,36-37H,5-8,13-14H2,1H3. The summed E-state index contributed by atoms with van der Waals surface area (Å²) in [4.78, 5) is 29.1. The van der Waals surface area contributed by atoms with Gasteiger partial charge in [0, 0.05) is 29.8 Å². The number of nitrogens with zero attached hydrogens (tertiary/aromatic N) is 2. The molecule has 0 atom stereocenters. The maximum Gasteiger partial charge on any atom is 0.488 e. The van der Waals surface area contributed by atoms with Gasteiger partial charge in [-0.15, -0.1) is 0 Å². The fourth-order valence-corrected chi connectivity index (χ4v) is 5.49. The van der Waals surface area contributed by atoms with Crippen molar-refractivity contribution in [2.24, 2.45) is 0 Å². The predicted molar refractivity (Wildman–Crippen MR) is 148 cm³/mol. The van der Waals surface area contributed by atoms with Gasteiger partial charge < -0.3 is 34.1 Å². The number of amides is 1. The SMILES string of the molecule is COC(=O)c1cc(F)c(-c2cccc3c2OCN(C(=O)c2c(Cl)cc(B(O)O)cc2Cl)C3)cc1N1CCOCC1. The number of esters is 1. The van der Waals surface area contributed by atoms with Crippen LogP contribution in [0.2, 0.25) is 10.0 Å². The van der Waals surface area contributed by atoms with E-state index in [4.69, 9.17) is 37.4 Å². The number of carbonyl (C=O) groups is 2. The minimum atomic E-state index is -1.80. The monoisotopic (exact) mass is 588 g/mol. The van der Waals surface area contributed by atoms with Gasteiger partial charge in [0.05, 0.1) is 53.7 Å². The van der Waals surface area contributed by atoms with Crippen LogP contribution in [0.3, 0.4) is 0 Å². The number of hydrogen-bond donors (Lipinski definition) is 2. The molecule has 2 aliphatic rings. The van der Waals surface area contributed by atoms with Crippen LogP contribution in [0.5, 0.6) is 5.75 Å². The maximum atomic E-state index is 15.5. The van der Waals surface area contributed by atoms with Crippen molar-refractivity contribution in [1.82, 2.24) is 4.90 Å². The van der Waals surface area contributed by atoms with Crippen molar-refractivity contribution in [3.8, 4) is 16.9 Å². The van der Waals surface area contributed by atoms with Gasteiger partial charge in [0.25, 0.3) is 5.91 Å². The average molecular weight is 589 g/mol. The Morgan fingerprint density at radius 3 is 2.40 bits per heavy atom. The molecule has 2 aliphatic heterocycles. The van der Waals surface area contributed by atoms with Crippen LogP contribution in [0.1, 0.15) is 26.3 Å². The third-order valence-electron chi connectivity index (χ3n) is 6.82. The largest absolute Gasteiger partial charge is 0.488 e. The Morgan fingerprint density at radius 2 is 1.75 bits per heavy atom. The molecule has 1 fully saturated rings. The third-order valence-corrected chi connectivity index (χ3v) is 7.41. The Bertz CT molecular complexity index is 1460. The second-order valence-electron chi connectivity index (χ2n) is 9.24. The highest BCUT2D eigenvalue weighted by molar-refractivity contribution is 6.59. The second kappa shape index (κ2) is 11.6. The zero-order chi connectivity index (χ0) is 28.6. The average Bonchev–Trinajstić information content (AvgIpc) is 2.96. The molecular formula is C27H24BCl2FN2O7. The van der Waals surface area contributed by atoms with Crippen LogP contribution >= 0.6 is 23.2 Å². The molecule has 13 heteroatoms. The number of halogens is 3. The van der Waals surface area contributed by atoms with Crippen molar-refractivity contribution in [2.75, 3.05) is 45.0 Å². The van der Waals surface area contributed by atoms with E-state index in [1.165, 1.54) is 30.2 Å². The smallest absolute Gasteiger partial charge is 0.472 e. The van der Waals surface area contributed by atoms with Crippen molar-refractivity contribution < 1.29 is 38.2 Å². The molecule has 0 unspecified atom stereocenters. The molecule has 3 aromatic carbocycles. The number of methoxy groups -OCH3 is 1. The maximum absolute atomic E-state index is 15.5. The number of rotatable bonds is 5. The lowest BCUT2D eigenvalue weighted by atomic mass is 9.80. The Labute approximate surface area is 239 Å². The van der Waals surface area contributed by atoms with Gasteiger partial charge >= 0.3 is 13.1 Å². The topological polar surface area (TPSA) is 109 Å². The normalized spacial score (nSPS) is 14.8. The number of anilines is 1. The van der Waals surface area contributed by atoms with Crippen molar-refractivity contribution in [3.63, 3.8) is 0 Å². The highest BCUT2D eigenvalue weighted by atomic mass is 35.5. The Hall–Kier alpha value is -3.35. The lowest BCUT2D eigenvalue weighted by molar-refractivity contribution is 0.0515. The van der Waals surface area contributed by atoms with Gasteiger partial charge in [0.2, 0.25) is 0 Å². The van der Waals surface area contributed by atoms with E-state index in [0.29, 0.717) is 48.9 Å². The second-order valence-corrected chi connectivity index (χ2v) is 10.1. The number of hydrogen-bond acceptors (Lipinski definition) is 8. The molecule has 2 heterocycles. The fourth-order valence-electron chi connectivity index (χ4n) is 4.83. The zero-order valence-corrected chi connectivity index (χ0v) is 22.8. The first-order valence-electron chi connectivity index (χ1n) is 12.3. The lowest BCUT2D eigenvalue weighted by Gasteiger charge is -2.32. The number of para-hydroxylation sites is 1. The van der Waals surface area contributed by atoms with Crippen molar-refractivity contribution >= 4 is 53.3 Å². The van der Waals surface area contributed by atoms with Gasteiger partial charge in [0.15, 0.2) is 6.73 Å². The van der Waals surface area contributed by atoms with Crippen LogP contribution in [0.4, 0.5) is 10.1 Å². The van der Waals surface area contributed by atoms with E-state index in [1.807, 2.05) is 4.90 Å². The summed E-state index contributed by atoms with van der Waals surface area (Å²) in [6.07, 6.45) is 0. The van der Waals surface area contributed by atoms with E-state index in [0.717, 1.165) is 0 Å². The number of fused-ring (bicyclic) bond motifs is 1. The number of benzene rings is 3. The molecule has 208 valence electrons. The van der Waals surface area contributed by atoms with Crippen LogP contribution < -0.4 is 15.1 Å². The molecule has 0 aromatic heterocycles. The summed E-state index contributed by atoms with van der Waals surface area (Å²) in [5, 5.41) is 18.7. The van der Waals surface area contributed by atoms with E-state index < -0.39 is 24.8 Å². The molecule has 2 N–H and O–H groups in total. The van der Waals surface area contributed by atoms with Gasteiger partial charge in [-0.05, 0) is 29.7 Å². The predicted octanol–water partition coefficient (Wildman–Crippen LogP) is 3.09. The van der Waals surface area contributed by atoms with Gasteiger partial charge in [0.1, 0.15) is 11.6 Å². The van der Waals surface area contributed by atoms with E-state index in [1.54, 1.807) is 24.3 Å². The molecule has 0 saturated carbocycles. The number of morpholine rings is 1. The minimum Gasteiger partial charge on any atom is -0.472 e. The first-order valence-corrected chi connectivity index (χ1v) is 13.1. The Kier molecular flexibility index (Phi) is 8.20. The van der Waals surface area contributed by atoms with Crippen molar-refractivity contribution in [3.05, 3.63) is 75.0 Å². The van der Waals surface area contributed by atoms with Crippen LogP contribution in [-0.4, -0.2) is 74.1 Å². The van der Waals surface area contributed by atoms with Crippen LogP contribution in [0.15, 0.2) is 42.5 Å². The zero-order valence-electron chi connectivity index (χ0n) is 21.3. The molecule has 9 nitrogen and oxygen atoms in total. The molecule has 5 rings (SSSR count). The van der Waals surface area contributed by atoms with E-state index in [2.05, 4.69) is 0 Å². The van der Waals surface area contributed by atoms with Gasteiger partial charge in [-0.1, -0.05) is 41.4 Å². The van der Waals surface area contributed by atoms with E-state index in [9.17, 15) is 19.6 Å². The van der Waals surface area contributed by atoms with E-state index in [-0.39, 0.29) is 45.5 Å². The molecule has 0 bridgehead atoms. The summed E-state index contributed by atoms with van der Waals surface area (Å²) in [7, 11) is -0.551. The highest BCUT2D eigenvalue weighted by Gasteiger charge is 2.30. The summed E-state index contributed by atoms with van der Waals surface area (Å²) in [6.45, 7) is 1.95. The quantitative estimate of drug-likeness (QED) is 0.346. The van der Waals surface area contributed by atoms with Crippen molar-refractivity contribution in [1.29, 1.82) is 0 Å². The van der Waals surface area contributed by atoms with E-state index >= 15 is 4.39 Å². The van der Waals surface area contributed by atoms with Gasteiger partial charge in [-0.25, -0.2) is 9.18 Å². The van der Waals surface area contributed by atoms with Gasteiger partial charge in [-0.3, -0.25) is 4.79 Å². The minimum absolute atomic E-state index is 0.00413. The third kappa shape index (κ3) is 5.35. The molecule has 0 radical (unpaired) electrons. The molecule has 3 aromatic rings. The number of carbonyl (C=O) groups excluding carboxylic acids is 2. The molecular weight excluding hydrogens is 565 g/mol. The number of ether oxygens (including phenoxy) is 3. The van der Waals surface area contributed by atoms with Gasteiger partial charge in [-0.2, -0.15) is 0 Å². The summed E-state index contributed by atoms with van der Waals surface area (Å²) < 4.78 is 31.8. The first kappa shape index (κ1) is 28.2. The molecule has 0 spiro atoms. The first-order chi connectivity index (χ1) is 19.2. The summed E-state index contributed by atoms with van der Waals surface area (Å²) >= 11 is 12.5. The summed E-state index contributed by atoms with van der Waals surface area (Å²) in [6, 6.07) is 10.5. The fraction of sp³-hybridized carbons (Fsp3) is 0.259. The highest BCUT2D eigenvalue weighted by Crippen LogP contribution is 2.41. The molecule has 1 saturated heterocycles. The molecule has 0 aliphatic carbocycles.